The fourth-order valence-electron chi connectivity index (χ4n) is 3.29. The van der Waals surface area contributed by atoms with Crippen LogP contribution >= 0.6 is 0 Å². The molecular weight excluding hydrogens is 352 g/mol. The Morgan fingerprint density at radius 2 is 1.56 bits per heavy atom. The number of piperidine rings is 1. The van der Waals surface area contributed by atoms with Gasteiger partial charge < -0.3 is 15.3 Å². The van der Waals surface area contributed by atoms with Crippen LogP contribution in [-0.4, -0.2) is 70.0 Å². The van der Waals surface area contributed by atoms with Crippen molar-refractivity contribution >= 4 is 24.1 Å². The zero-order valence-corrected chi connectivity index (χ0v) is 14.8. The van der Waals surface area contributed by atoms with Gasteiger partial charge in [0.05, 0.1) is 13.1 Å². The van der Waals surface area contributed by atoms with E-state index in [1.54, 1.807) is 35.2 Å². The normalized spacial score (nSPS) is 18.4. The van der Waals surface area contributed by atoms with Crippen LogP contribution < -0.4 is 5.32 Å². The Morgan fingerprint density at radius 3 is 2.19 bits per heavy atom. The maximum Gasteiger partial charge on any atom is 0.336 e. The number of hydrogen-bond donors (Lipinski definition) is 2. The lowest BCUT2D eigenvalue weighted by Gasteiger charge is -2.29. The first-order valence-corrected chi connectivity index (χ1v) is 8.95. The second-order valence-corrected chi connectivity index (χ2v) is 6.55. The molecule has 2 heterocycles. The van der Waals surface area contributed by atoms with Crippen molar-refractivity contribution in [2.45, 2.75) is 25.3 Å². The van der Waals surface area contributed by atoms with Gasteiger partial charge in [-0.15, -0.1) is 0 Å². The number of carbonyl (C=O) groups excluding carboxylic acids is 3. The van der Waals surface area contributed by atoms with Gasteiger partial charge in [-0.3, -0.25) is 0 Å². The number of benzene rings is 1. The quantitative estimate of drug-likeness (QED) is 0.839. The number of hydrogen-bond acceptors (Lipinski definition) is 4. The molecule has 0 aromatic heterocycles. The average Bonchev–Trinajstić information content (AvgIpc) is 3.08. The number of aliphatic carboxylic acids is 1. The molecule has 1 aromatic carbocycles. The van der Waals surface area contributed by atoms with Crippen molar-refractivity contribution in [1.29, 1.82) is 0 Å². The van der Waals surface area contributed by atoms with Crippen LogP contribution in [0.1, 0.15) is 30.9 Å². The minimum absolute atomic E-state index is 0.0331. The molecule has 0 radical (unpaired) electrons. The first kappa shape index (κ1) is 18.7. The molecule has 9 nitrogen and oxygen atoms in total. The van der Waals surface area contributed by atoms with Crippen LogP contribution in [0.3, 0.4) is 0 Å². The van der Waals surface area contributed by atoms with Crippen LogP contribution in [0.25, 0.3) is 0 Å². The van der Waals surface area contributed by atoms with Crippen LogP contribution in [0.15, 0.2) is 30.3 Å². The Morgan fingerprint density at radius 1 is 0.926 bits per heavy atom. The Kier molecular flexibility index (Phi) is 5.58. The molecule has 27 heavy (non-hydrogen) atoms. The van der Waals surface area contributed by atoms with Gasteiger partial charge in [0.2, 0.25) is 0 Å². The van der Waals surface area contributed by atoms with Crippen LogP contribution in [0.4, 0.5) is 14.4 Å². The third-order valence-electron chi connectivity index (χ3n) is 4.76. The number of carboxylic acid groups (broad SMARTS) is 1. The number of urea groups is 3. The fraction of sp³-hybridized carbons (Fsp3) is 0.444. The number of amides is 6. The Bertz CT molecular complexity index is 733. The summed E-state index contributed by atoms with van der Waals surface area (Å²) < 4.78 is 0. The first-order chi connectivity index (χ1) is 13.0. The average molecular weight is 374 g/mol. The maximum atomic E-state index is 12.5. The van der Waals surface area contributed by atoms with E-state index in [0.29, 0.717) is 18.7 Å². The highest BCUT2D eigenvalue weighted by atomic mass is 16.4. The predicted octanol–water partition coefficient (Wildman–Crippen LogP) is 1.87. The number of imide groups is 2. The molecule has 0 spiro atoms. The molecule has 2 N–H and O–H groups in total. The summed E-state index contributed by atoms with van der Waals surface area (Å²) in [5.74, 6) is -1.23. The van der Waals surface area contributed by atoms with E-state index < -0.39 is 30.1 Å². The molecule has 0 aliphatic carbocycles. The summed E-state index contributed by atoms with van der Waals surface area (Å²) in [4.78, 5) is 52.6. The Labute approximate surface area is 156 Å². The van der Waals surface area contributed by atoms with Crippen molar-refractivity contribution in [3.8, 4) is 0 Å². The van der Waals surface area contributed by atoms with E-state index in [2.05, 4.69) is 5.32 Å². The lowest BCUT2D eigenvalue weighted by molar-refractivity contribution is -0.139. The van der Waals surface area contributed by atoms with E-state index in [1.807, 2.05) is 0 Å². The minimum Gasteiger partial charge on any atom is -0.479 e. The zero-order valence-electron chi connectivity index (χ0n) is 14.8. The number of nitrogens with one attached hydrogen (secondary N) is 1. The van der Waals surface area contributed by atoms with Crippen molar-refractivity contribution in [3.63, 3.8) is 0 Å². The van der Waals surface area contributed by atoms with E-state index in [-0.39, 0.29) is 13.1 Å². The van der Waals surface area contributed by atoms with E-state index in [4.69, 9.17) is 0 Å². The monoisotopic (exact) mass is 374 g/mol. The van der Waals surface area contributed by atoms with Crippen LogP contribution in [0.2, 0.25) is 0 Å². The van der Waals surface area contributed by atoms with Crippen molar-refractivity contribution in [1.82, 2.24) is 20.0 Å². The number of likely N-dealkylation sites (tertiary alicyclic amines) is 1. The molecule has 2 aliphatic heterocycles. The summed E-state index contributed by atoms with van der Waals surface area (Å²) in [6, 6.07) is 5.00. The Balaban J connectivity index is 1.65. The van der Waals surface area contributed by atoms with Crippen LogP contribution in [0, 0.1) is 0 Å². The number of carboxylic acids is 1. The molecule has 1 aromatic rings. The SMILES string of the molecule is O=C(O)C(NC(=O)N1CCN(C(=O)N2CCCCC2)C1=O)c1ccccc1. The molecular formula is C18H22N4O5. The third kappa shape index (κ3) is 4.02. The van der Waals surface area contributed by atoms with E-state index in [1.165, 1.54) is 0 Å². The molecule has 3 rings (SSSR count). The molecule has 2 fully saturated rings. The fourth-order valence-corrected chi connectivity index (χ4v) is 3.29. The molecule has 2 aliphatic rings. The molecule has 0 saturated carbocycles. The number of rotatable bonds is 3. The van der Waals surface area contributed by atoms with E-state index in [9.17, 15) is 24.3 Å². The molecule has 6 amide bonds. The molecule has 0 bridgehead atoms. The third-order valence-corrected chi connectivity index (χ3v) is 4.76. The van der Waals surface area contributed by atoms with Gasteiger partial charge in [-0.1, -0.05) is 30.3 Å². The van der Waals surface area contributed by atoms with Crippen molar-refractivity contribution in [3.05, 3.63) is 35.9 Å². The summed E-state index contributed by atoms with van der Waals surface area (Å²) in [6.45, 7) is 1.34. The standard InChI is InChI=1S/C18H22N4O5/c23-15(24)14(13-7-3-1-4-8-13)19-16(25)21-11-12-22(18(21)27)17(26)20-9-5-2-6-10-20/h1,3-4,7-8,14H,2,5-6,9-12H2,(H,19,25)(H,23,24). The maximum absolute atomic E-state index is 12.5. The largest absolute Gasteiger partial charge is 0.479 e. The summed E-state index contributed by atoms with van der Waals surface area (Å²) >= 11 is 0. The molecule has 1 unspecified atom stereocenters. The highest BCUT2D eigenvalue weighted by molar-refractivity contribution is 6.03. The summed E-state index contributed by atoms with van der Waals surface area (Å²) in [5.41, 5.74) is 0.395. The van der Waals surface area contributed by atoms with Crippen molar-refractivity contribution in [2.75, 3.05) is 26.2 Å². The lowest BCUT2D eigenvalue weighted by atomic mass is 10.1. The molecule has 144 valence electrons. The highest BCUT2D eigenvalue weighted by Gasteiger charge is 2.40. The first-order valence-electron chi connectivity index (χ1n) is 8.95. The summed E-state index contributed by atoms with van der Waals surface area (Å²) in [5, 5.41) is 11.8. The second-order valence-electron chi connectivity index (χ2n) is 6.55. The van der Waals surface area contributed by atoms with Gasteiger partial charge in [0, 0.05) is 13.1 Å². The van der Waals surface area contributed by atoms with Gasteiger partial charge in [-0.25, -0.2) is 29.0 Å². The minimum atomic E-state index is -1.28. The van der Waals surface area contributed by atoms with Crippen molar-refractivity contribution in [2.24, 2.45) is 0 Å². The van der Waals surface area contributed by atoms with Crippen LogP contribution in [-0.2, 0) is 4.79 Å². The molecule has 1 atom stereocenters. The number of carbonyl (C=O) groups is 4. The topological polar surface area (TPSA) is 110 Å². The Hall–Kier alpha value is -3.10. The van der Waals surface area contributed by atoms with Gasteiger partial charge in [-0.05, 0) is 24.8 Å². The van der Waals surface area contributed by atoms with Gasteiger partial charge in [0.25, 0.3) is 0 Å². The summed E-state index contributed by atoms with van der Waals surface area (Å²) in [6.07, 6.45) is 2.85. The van der Waals surface area contributed by atoms with Gasteiger partial charge >= 0.3 is 24.1 Å². The molecule has 2 saturated heterocycles. The summed E-state index contributed by atoms with van der Waals surface area (Å²) in [7, 11) is 0. The van der Waals surface area contributed by atoms with Gasteiger partial charge in [-0.2, -0.15) is 0 Å². The molecule has 9 heteroatoms. The van der Waals surface area contributed by atoms with Gasteiger partial charge in [0.15, 0.2) is 6.04 Å². The smallest absolute Gasteiger partial charge is 0.336 e. The van der Waals surface area contributed by atoms with Crippen LogP contribution in [0.5, 0.6) is 0 Å². The van der Waals surface area contributed by atoms with Crippen molar-refractivity contribution < 1.29 is 24.3 Å². The van der Waals surface area contributed by atoms with Gasteiger partial charge in [0.1, 0.15) is 0 Å². The predicted molar refractivity (Wildman–Crippen MR) is 95.0 cm³/mol. The zero-order chi connectivity index (χ0) is 19.4. The lowest BCUT2D eigenvalue weighted by Crippen LogP contribution is -2.49. The highest BCUT2D eigenvalue weighted by Crippen LogP contribution is 2.18. The van der Waals surface area contributed by atoms with E-state index in [0.717, 1.165) is 29.1 Å². The van der Waals surface area contributed by atoms with E-state index >= 15 is 0 Å². The number of nitrogens with zero attached hydrogens (tertiary/aromatic N) is 3. The second kappa shape index (κ2) is 8.07.